The van der Waals surface area contributed by atoms with Crippen LogP contribution in [0.2, 0.25) is 5.02 Å². The Hall–Kier alpha value is -3.26. The standard InChI is InChI=1S/C20H22ClN3O5/c1-28-17-9-5-2-6-13(17)11-23-18(25)12-29-19(26)10-16(24-20(22)27)14-7-3-4-8-15(14)21/h2-9,16H,10-12H2,1H3,(H,23,25)(H3,22,24,27). The molecule has 0 aliphatic carbocycles. The molecule has 0 fully saturated rings. The van der Waals surface area contributed by atoms with E-state index in [0.717, 1.165) is 5.56 Å². The molecule has 2 aromatic carbocycles. The van der Waals surface area contributed by atoms with Gasteiger partial charge in [0.15, 0.2) is 6.61 Å². The number of hydrogen-bond acceptors (Lipinski definition) is 5. The molecule has 3 amide bonds. The van der Waals surface area contributed by atoms with Crippen LogP contribution in [0, 0.1) is 0 Å². The monoisotopic (exact) mass is 419 g/mol. The number of ether oxygens (including phenoxy) is 2. The molecule has 2 aromatic rings. The molecular formula is C20H22ClN3O5. The van der Waals surface area contributed by atoms with Crippen LogP contribution in [0.5, 0.6) is 5.75 Å². The summed E-state index contributed by atoms with van der Waals surface area (Å²) in [4.78, 5) is 35.4. The molecule has 0 saturated heterocycles. The zero-order valence-electron chi connectivity index (χ0n) is 15.8. The molecule has 154 valence electrons. The summed E-state index contributed by atoms with van der Waals surface area (Å²) in [5, 5.41) is 5.47. The first kappa shape index (κ1) is 22.0. The van der Waals surface area contributed by atoms with Crippen molar-refractivity contribution in [2.75, 3.05) is 13.7 Å². The van der Waals surface area contributed by atoms with Gasteiger partial charge in [-0.1, -0.05) is 48.0 Å². The van der Waals surface area contributed by atoms with Crippen molar-refractivity contribution in [1.82, 2.24) is 10.6 Å². The van der Waals surface area contributed by atoms with E-state index in [4.69, 9.17) is 26.8 Å². The third-order valence-corrected chi connectivity index (χ3v) is 4.34. The van der Waals surface area contributed by atoms with Crippen molar-refractivity contribution in [3.63, 3.8) is 0 Å². The van der Waals surface area contributed by atoms with E-state index in [1.165, 1.54) is 7.11 Å². The zero-order valence-corrected chi connectivity index (χ0v) is 16.6. The number of rotatable bonds is 9. The number of halogens is 1. The molecule has 0 heterocycles. The van der Waals surface area contributed by atoms with Gasteiger partial charge in [0.05, 0.1) is 19.6 Å². The van der Waals surface area contributed by atoms with Crippen molar-refractivity contribution in [3.8, 4) is 5.75 Å². The largest absolute Gasteiger partial charge is 0.496 e. The van der Waals surface area contributed by atoms with Gasteiger partial charge in [0.25, 0.3) is 5.91 Å². The maximum atomic E-state index is 12.1. The van der Waals surface area contributed by atoms with Gasteiger partial charge in [-0.15, -0.1) is 0 Å². The lowest BCUT2D eigenvalue weighted by Crippen LogP contribution is -2.35. The Morgan fingerprint density at radius 2 is 1.79 bits per heavy atom. The Labute approximate surface area is 173 Å². The average Bonchev–Trinajstić information content (AvgIpc) is 2.70. The minimum absolute atomic E-state index is 0.228. The van der Waals surface area contributed by atoms with Crippen LogP contribution in [0.15, 0.2) is 48.5 Å². The summed E-state index contributed by atoms with van der Waals surface area (Å²) >= 11 is 6.12. The maximum absolute atomic E-state index is 12.1. The highest BCUT2D eigenvalue weighted by molar-refractivity contribution is 6.31. The van der Waals surface area contributed by atoms with E-state index in [-0.39, 0.29) is 13.0 Å². The third kappa shape index (κ3) is 7.00. The van der Waals surface area contributed by atoms with Gasteiger partial charge in [-0.05, 0) is 17.7 Å². The molecule has 0 aromatic heterocycles. The molecule has 29 heavy (non-hydrogen) atoms. The van der Waals surface area contributed by atoms with Crippen LogP contribution in [0.3, 0.4) is 0 Å². The number of urea groups is 1. The second-order valence-electron chi connectivity index (χ2n) is 6.04. The Balaban J connectivity index is 1.87. The van der Waals surface area contributed by atoms with Crippen LogP contribution in [0.1, 0.15) is 23.6 Å². The minimum atomic E-state index is -0.808. The molecule has 1 atom stereocenters. The maximum Gasteiger partial charge on any atom is 0.312 e. The number of primary amides is 1. The lowest BCUT2D eigenvalue weighted by atomic mass is 10.0. The first-order valence-corrected chi connectivity index (χ1v) is 9.13. The smallest absolute Gasteiger partial charge is 0.312 e. The van der Waals surface area contributed by atoms with E-state index in [0.29, 0.717) is 16.3 Å². The van der Waals surface area contributed by atoms with Gasteiger partial charge in [0.2, 0.25) is 0 Å². The van der Waals surface area contributed by atoms with Gasteiger partial charge in [-0.25, -0.2) is 4.79 Å². The van der Waals surface area contributed by atoms with E-state index >= 15 is 0 Å². The normalized spacial score (nSPS) is 11.2. The van der Waals surface area contributed by atoms with Gasteiger partial charge >= 0.3 is 12.0 Å². The molecule has 0 aliphatic rings. The second kappa shape index (κ2) is 10.9. The number of esters is 1. The molecule has 4 N–H and O–H groups in total. The van der Waals surface area contributed by atoms with Gasteiger partial charge in [0.1, 0.15) is 5.75 Å². The Kier molecular flexibility index (Phi) is 8.29. The van der Waals surface area contributed by atoms with Gasteiger partial charge in [-0.2, -0.15) is 0 Å². The molecule has 0 bridgehead atoms. The van der Waals surface area contributed by atoms with Crippen molar-refractivity contribution >= 4 is 29.5 Å². The number of amides is 3. The molecule has 8 nitrogen and oxygen atoms in total. The van der Waals surface area contributed by atoms with Crippen molar-refractivity contribution in [2.24, 2.45) is 5.73 Å². The van der Waals surface area contributed by atoms with Crippen LogP contribution in [0.4, 0.5) is 4.79 Å². The van der Waals surface area contributed by atoms with Crippen LogP contribution >= 0.6 is 11.6 Å². The van der Waals surface area contributed by atoms with Crippen molar-refractivity contribution in [1.29, 1.82) is 0 Å². The summed E-state index contributed by atoms with van der Waals surface area (Å²) in [6.07, 6.45) is -0.230. The predicted molar refractivity (Wildman–Crippen MR) is 107 cm³/mol. The summed E-state index contributed by atoms with van der Waals surface area (Å²) in [6.45, 7) is -0.230. The quantitative estimate of drug-likeness (QED) is 0.539. The van der Waals surface area contributed by atoms with Gasteiger partial charge < -0.3 is 25.8 Å². The fourth-order valence-corrected chi connectivity index (χ4v) is 2.90. The topological polar surface area (TPSA) is 120 Å². The average molecular weight is 420 g/mol. The molecular weight excluding hydrogens is 398 g/mol. The van der Waals surface area contributed by atoms with Crippen molar-refractivity contribution in [3.05, 3.63) is 64.7 Å². The van der Waals surface area contributed by atoms with Crippen molar-refractivity contribution in [2.45, 2.75) is 19.0 Å². The van der Waals surface area contributed by atoms with E-state index in [2.05, 4.69) is 10.6 Å². The fraction of sp³-hybridized carbons (Fsp3) is 0.250. The van der Waals surface area contributed by atoms with E-state index < -0.39 is 30.6 Å². The summed E-state index contributed by atoms with van der Waals surface area (Å²) in [7, 11) is 1.54. The number of nitrogens with one attached hydrogen (secondary N) is 2. The van der Waals surface area contributed by atoms with Crippen LogP contribution < -0.4 is 21.1 Å². The molecule has 2 rings (SSSR count). The molecule has 1 unspecified atom stereocenters. The van der Waals surface area contributed by atoms with E-state index in [1.54, 1.807) is 30.3 Å². The molecule has 0 saturated carbocycles. The van der Waals surface area contributed by atoms with Crippen molar-refractivity contribution < 1.29 is 23.9 Å². The van der Waals surface area contributed by atoms with Crippen LogP contribution in [-0.2, 0) is 20.9 Å². The second-order valence-corrected chi connectivity index (χ2v) is 6.44. The Morgan fingerprint density at radius 3 is 2.48 bits per heavy atom. The Morgan fingerprint density at radius 1 is 1.10 bits per heavy atom. The van der Waals surface area contributed by atoms with Crippen LogP contribution in [-0.4, -0.2) is 31.6 Å². The number of methoxy groups -OCH3 is 1. The first-order chi connectivity index (χ1) is 13.9. The molecule has 9 heteroatoms. The number of carbonyl (C=O) groups is 3. The number of benzene rings is 2. The van der Waals surface area contributed by atoms with Gasteiger partial charge in [0, 0.05) is 17.1 Å². The van der Waals surface area contributed by atoms with E-state index in [9.17, 15) is 14.4 Å². The fourth-order valence-electron chi connectivity index (χ4n) is 2.63. The molecule has 0 spiro atoms. The SMILES string of the molecule is COc1ccccc1CNC(=O)COC(=O)CC(NC(N)=O)c1ccccc1Cl. The summed E-state index contributed by atoms with van der Waals surface area (Å²) in [5.74, 6) is -0.512. The van der Waals surface area contributed by atoms with E-state index in [1.807, 2.05) is 18.2 Å². The number of nitrogens with two attached hydrogens (primary N) is 1. The summed E-state index contributed by atoms with van der Waals surface area (Å²) in [6, 6.07) is 12.4. The highest BCUT2D eigenvalue weighted by Crippen LogP contribution is 2.25. The highest BCUT2D eigenvalue weighted by Gasteiger charge is 2.21. The highest BCUT2D eigenvalue weighted by atomic mass is 35.5. The Bertz CT molecular complexity index is 875. The lowest BCUT2D eigenvalue weighted by Gasteiger charge is -2.18. The molecule has 0 aliphatic heterocycles. The minimum Gasteiger partial charge on any atom is -0.496 e. The lowest BCUT2D eigenvalue weighted by molar-refractivity contribution is -0.149. The summed E-state index contributed by atoms with van der Waals surface area (Å²) in [5.41, 5.74) is 6.49. The number of para-hydroxylation sites is 1. The summed E-state index contributed by atoms with van der Waals surface area (Å²) < 4.78 is 10.2. The predicted octanol–water partition coefficient (Wildman–Crippen LogP) is 2.31. The third-order valence-electron chi connectivity index (χ3n) is 4.00. The number of carbonyl (C=O) groups excluding carboxylic acids is 3. The number of hydrogen-bond donors (Lipinski definition) is 3. The zero-order chi connectivity index (χ0) is 21.2. The molecule has 0 radical (unpaired) electrons. The van der Waals surface area contributed by atoms with Gasteiger partial charge in [-0.3, -0.25) is 9.59 Å². The first-order valence-electron chi connectivity index (χ1n) is 8.75. The van der Waals surface area contributed by atoms with Crippen LogP contribution in [0.25, 0.3) is 0 Å².